The Balaban J connectivity index is 0.00000760. The van der Waals surface area contributed by atoms with Crippen molar-refractivity contribution in [3.8, 4) is 0 Å². The maximum absolute atomic E-state index is 5.16. The Labute approximate surface area is 251 Å². The van der Waals surface area contributed by atoms with Crippen LogP contribution in [0.25, 0.3) is 0 Å². The van der Waals surface area contributed by atoms with Gasteiger partial charge in [-0.25, -0.2) is 0 Å². The van der Waals surface area contributed by atoms with E-state index in [-0.39, 0.29) is 16.5 Å². The molecule has 0 unspecified atom stereocenters. The van der Waals surface area contributed by atoms with E-state index in [1.165, 1.54) is 112 Å². The van der Waals surface area contributed by atoms with Gasteiger partial charge in [-0.1, -0.05) is 91.7 Å². The van der Waals surface area contributed by atoms with Gasteiger partial charge in [-0.3, -0.25) is 9.98 Å². The normalized spacial score (nSPS) is 11.8. The number of aryl methyl sites for hydroxylation is 4. The zero-order chi connectivity index (χ0) is 27.4. The van der Waals surface area contributed by atoms with Crippen molar-refractivity contribution in [3.05, 3.63) is 58.7 Å². The summed E-state index contributed by atoms with van der Waals surface area (Å²) < 4.78 is 0. The zero-order valence-electron chi connectivity index (χ0n) is 25.8. The van der Waals surface area contributed by atoms with Gasteiger partial charge in [0, 0.05) is 22.7 Å². The van der Waals surface area contributed by atoms with E-state index < -0.39 is 0 Å². The van der Waals surface area contributed by atoms with Crippen LogP contribution >= 0.6 is 0 Å². The molecule has 2 rings (SSSR count). The van der Waals surface area contributed by atoms with Crippen molar-refractivity contribution in [3.63, 3.8) is 0 Å². The Hall–Kier alpha value is -1.73. The van der Waals surface area contributed by atoms with Gasteiger partial charge in [0.2, 0.25) is 0 Å². The fraction of sp³-hybridized carbons (Fsp3) is 0.611. The molecule has 39 heavy (non-hydrogen) atoms. The molecule has 0 aliphatic carbocycles. The molecule has 0 bridgehead atoms. The molecule has 0 spiro atoms. The number of nitrogens with zero attached hydrogens (tertiary/aromatic N) is 2. The number of unbranched alkanes of at least 4 members (excludes halogenated alkanes) is 7. The van der Waals surface area contributed by atoms with Gasteiger partial charge in [-0.05, 0) is 111 Å². The number of benzene rings is 2. The van der Waals surface area contributed by atoms with Crippen molar-refractivity contribution in [2.24, 2.45) is 9.98 Å². The summed E-state index contributed by atoms with van der Waals surface area (Å²) >= 11 is 0. The van der Waals surface area contributed by atoms with E-state index in [0.29, 0.717) is 0 Å². The standard InChI is InChI=1S/C36H56N2.Ni/c1-6-11-16-17-22-36(38-35-26-24-31(19-13-8-3)33(28-35)21-15-10-5)29-37-34-25-23-30(18-12-7-2)32(27-34)20-14-9-4;/h23-29H,6-22H2,1-5H3;. The van der Waals surface area contributed by atoms with Crippen molar-refractivity contribution in [2.45, 2.75) is 144 Å². The molecule has 0 heterocycles. The molecule has 0 aliphatic heterocycles. The number of rotatable bonds is 20. The van der Waals surface area contributed by atoms with E-state index in [4.69, 9.17) is 9.98 Å². The molecule has 220 valence electrons. The fourth-order valence-electron chi connectivity index (χ4n) is 4.99. The van der Waals surface area contributed by atoms with Gasteiger partial charge in [0.15, 0.2) is 0 Å². The summed E-state index contributed by atoms with van der Waals surface area (Å²) in [6.45, 7) is 11.4. The van der Waals surface area contributed by atoms with Gasteiger partial charge in [0.25, 0.3) is 0 Å². The average Bonchev–Trinajstić information content (AvgIpc) is 2.94. The first-order valence-corrected chi connectivity index (χ1v) is 16.0. The van der Waals surface area contributed by atoms with Crippen LogP contribution < -0.4 is 0 Å². The second-order valence-corrected chi connectivity index (χ2v) is 11.0. The van der Waals surface area contributed by atoms with Crippen molar-refractivity contribution in [1.29, 1.82) is 0 Å². The van der Waals surface area contributed by atoms with Gasteiger partial charge in [-0.15, -0.1) is 0 Å². The van der Waals surface area contributed by atoms with Crippen molar-refractivity contribution in [2.75, 3.05) is 0 Å². The number of hydrogen-bond donors (Lipinski definition) is 0. The van der Waals surface area contributed by atoms with Crippen LogP contribution in [0.2, 0.25) is 0 Å². The van der Waals surface area contributed by atoms with Gasteiger partial charge in [-0.2, -0.15) is 0 Å². The Morgan fingerprint density at radius 3 is 1.51 bits per heavy atom. The van der Waals surface area contributed by atoms with Crippen LogP contribution in [0.15, 0.2) is 46.4 Å². The monoisotopic (exact) mass is 574 g/mol. The van der Waals surface area contributed by atoms with Crippen LogP contribution in [-0.2, 0) is 42.2 Å². The molecule has 0 fully saturated rings. The second-order valence-electron chi connectivity index (χ2n) is 11.0. The molecule has 0 saturated carbocycles. The molecule has 0 N–H and O–H groups in total. The van der Waals surface area contributed by atoms with E-state index >= 15 is 0 Å². The van der Waals surface area contributed by atoms with Crippen LogP contribution in [0.4, 0.5) is 11.4 Å². The third-order valence-corrected chi connectivity index (χ3v) is 7.50. The van der Waals surface area contributed by atoms with Gasteiger partial charge < -0.3 is 0 Å². The summed E-state index contributed by atoms with van der Waals surface area (Å²) in [4.78, 5) is 10.1. The molecule has 0 radical (unpaired) electrons. The van der Waals surface area contributed by atoms with E-state index in [1.54, 1.807) is 0 Å². The van der Waals surface area contributed by atoms with E-state index in [0.717, 1.165) is 36.3 Å². The summed E-state index contributed by atoms with van der Waals surface area (Å²) in [6.07, 6.45) is 22.6. The maximum Gasteiger partial charge on any atom is 0.0636 e. The summed E-state index contributed by atoms with van der Waals surface area (Å²) in [5.41, 5.74) is 9.26. The van der Waals surface area contributed by atoms with E-state index in [1.807, 2.05) is 6.21 Å². The minimum atomic E-state index is 0. The third-order valence-electron chi connectivity index (χ3n) is 7.50. The van der Waals surface area contributed by atoms with Crippen molar-refractivity contribution >= 4 is 23.3 Å². The molecule has 0 aliphatic rings. The predicted octanol–water partition coefficient (Wildman–Crippen LogP) is 11.5. The van der Waals surface area contributed by atoms with Crippen LogP contribution in [0.3, 0.4) is 0 Å². The van der Waals surface area contributed by atoms with E-state index in [9.17, 15) is 0 Å². The van der Waals surface area contributed by atoms with Crippen molar-refractivity contribution < 1.29 is 16.5 Å². The van der Waals surface area contributed by atoms with E-state index in [2.05, 4.69) is 71.0 Å². The molecular weight excluding hydrogens is 519 g/mol. The Morgan fingerprint density at radius 1 is 0.538 bits per heavy atom. The summed E-state index contributed by atoms with van der Waals surface area (Å²) in [5.74, 6) is 0. The largest absolute Gasteiger partial charge is 0.255 e. The minimum Gasteiger partial charge on any atom is -0.255 e. The maximum atomic E-state index is 5.16. The average molecular weight is 576 g/mol. The van der Waals surface area contributed by atoms with Crippen LogP contribution in [0, 0.1) is 0 Å². The zero-order valence-corrected chi connectivity index (χ0v) is 26.8. The minimum absolute atomic E-state index is 0. The van der Waals surface area contributed by atoms with Crippen LogP contribution in [-0.4, -0.2) is 11.9 Å². The summed E-state index contributed by atoms with van der Waals surface area (Å²) in [5, 5.41) is 0. The number of hydrogen-bond acceptors (Lipinski definition) is 2. The first-order valence-electron chi connectivity index (χ1n) is 16.0. The summed E-state index contributed by atoms with van der Waals surface area (Å²) in [7, 11) is 0. The molecule has 2 nitrogen and oxygen atoms in total. The SMILES string of the molecule is CCCCCCC(C=Nc1ccc(CCCC)c(CCCC)c1)=Nc1ccc(CCCC)c(CCCC)c1.[Ni]. The molecule has 2 aromatic rings. The first-order chi connectivity index (χ1) is 18.6. The van der Waals surface area contributed by atoms with Crippen molar-refractivity contribution in [1.82, 2.24) is 0 Å². The molecule has 0 aromatic heterocycles. The van der Waals surface area contributed by atoms with Crippen LogP contribution in [0.5, 0.6) is 0 Å². The molecular formula is C36H56N2Ni. The van der Waals surface area contributed by atoms with Gasteiger partial charge in [0.1, 0.15) is 0 Å². The van der Waals surface area contributed by atoms with Crippen LogP contribution in [0.1, 0.15) is 140 Å². The second kappa shape index (κ2) is 22.0. The molecule has 0 saturated heterocycles. The smallest absolute Gasteiger partial charge is 0.0636 e. The predicted molar refractivity (Wildman–Crippen MR) is 171 cm³/mol. The fourth-order valence-corrected chi connectivity index (χ4v) is 4.99. The van der Waals surface area contributed by atoms with Gasteiger partial charge >= 0.3 is 0 Å². The third kappa shape index (κ3) is 13.9. The molecule has 2 aromatic carbocycles. The Morgan fingerprint density at radius 2 is 1.00 bits per heavy atom. The first kappa shape index (κ1) is 35.3. The number of aliphatic imine (C=N–C) groups is 2. The Kier molecular flexibility index (Phi) is 19.9. The quantitative estimate of drug-likeness (QED) is 0.0852. The topological polar surface area (TPSA) is 24.7 Å². The van der Waals surface area contributed by atoms with Gasteiger partial charge in [0.05, 0.1) is 17.1 Å². The Bertz CT molecular complexity index is 976. The molecule has 0 atom stereocenters. The molecule has 0 amide bonds. The molecule has 3 heteroatoms. The summed E-state index contributed by atoms with van der Waals surface area (Å²) in [6, 6.07) is 13.8.